The molecule has 1 aromatic carbocycles. The zero-order valence-electron chi connectivity index (χ0n) is 12.8. The molecule has 2 rings (SSSR count). The van der Waals surface area contributed by atoms with Crippen LogP contribution in [0.4, 0.5) is 4.39 Å². The number of hydrogen-bond donors (Lipinski definition) is 0. The molecule has 0 N–H and O–H groups in total. The number of thiophene rings is 1. The fraction of sp³-hybridized carbons (Fsp3) is 0.267. The van der Waals surface area contributed by atoms with Gasteiger partial charge in [-0.3, -0.25) is 4.79 Å². The van der Waals surface area contributed by atoms with E-state index in [0.29, 0.717) is 6.54 Å². The van der Waals surface area contributed by atoms with Crippen molar-refractivity contribution >= 4 is 27.3 Å². The summed E-state index contributed by atoms with van der Waals surface area (Å²) >= 11 is 1.53. The monoisotopic (exact) mass is 356 g/mol. The van der Waals surface area contributed by atoms with E-state index >= 15 is 0 Å². The van der Waals surface area contributed by atoms with Crippen molar-refractivity contribution in [2.24, 2.45) is 0 Å². The summed E-state index contributed by atoms with van der Waals surface area (Å²) in [6, 6.07) is 8.32. The quantitative estimate of drug-likeness (QED) is 0.797. The van der Waals surface area contributed by atoms with Gasteiger partial charge in [0.05, 0.1) is 18.0 Å². The van der Waals surface area contributed by atoms with Crippen LogP contribution >= 0.6 is 11.3 Å². The number of halogens is 1. The van der Waals surface area contributed by atoms with Gasteiger partial charge in [-0.2, -0.15) is 4.31 Å². The van der Waals surface area contributed by atoms with Gasteiger partial charge in [0.2, 0.25) is 15.9 Å². The number of amides is 1. The molecule has 2 aromatic rings. The van der Waals surface area contributed by atoms with Gasteiger partial charge in [-0.05, 0) is 35.7 Å². The molecule has 0 aliphatic rings. The Morgan fingerprint density at radius 3 is 2.39 bits per heavy atom. The van der Waals surface area contributed by atoms with Crippen LogP contribution in [0, 0.1) is 5.82 Å². The molecule has 0 atom stereocenters. The molecule has 124 valence electrons. The molecular formula is C15H17FN2O3S2. The van der Waals surface area contributed by atoms with E-state index in [1.165, 1.54) is 35.4 Å². The van der Waals surface area contributed by atoms with Gasteiger partial charge in [0.25, 0.3) is 0 Å². The Bertz CT molecular complexity index is 759. The summed E-state index contributed by atoms with van der Waals surface area (Å²) in [6.45, 7) is 0.155. The van der Waals surface area contributed by atoms with Gasteiger partial charge in [-0.15, -0.1) is 11.3 Å². The van der Waals surface area contributed by atoms with Crippen LogP contribution < -0.4 is 0 Å². The van der Waals surface area contributed by atoms with Crippen LogP contribution in [0.3, 0.4) is 0 Å². The molecule has 0 saturated carbocycles. The molecule has 0 bridgehead atoms. The maximum absolute atomic E-state index is 12.9. The van der Waals surface area contributed by atoms with Crippen LogP contribution in [0.1, 0.15) is 4.88 Å². The molecule has 0 aliphatic carbocycles. The highest BCUT2D eigenvalue weighted by Crippen LogP contribution is 2.15. The smallest absolute Gasteiger partial charge is 0.243 e. The maximum Gasteiger partial charge on any atom is 0.243 e. The second-order valence-corrected chi connectivity index (χ2v) is 8.12. The van der Waals surface area contributed by atoms with E-state index in [9.17, 15) is 17.6 Å². The lowest BCUT2D eigenvalue weighted by Crippen LogP contribution is -2.39. The highest BCUT2D eigenvalue weighted by molar-refractivity contribution is 7.89. The lowest BCUT2D eigenvalue weighted by molar-refractivity contribution is -0.130. The summed E-state index contributed by atoms with van der Waals surface area (Å²) < 4.78 is 38.6. The summed E-state index contributed by atoms with van der Waals surface area (Å²) in [5.74, 6) is -0.829. The van der Waals surface area contributed by atoms with Crippen LogP contribution in [0.2, 0.25) is 0 Å². The largest absolute Gasteiger partial charge is 0.339 e. The van der Waals surface area contributed by atoms with Crippen molar-refractivity contribution in [1.29, 1.82) is 0 Å². The second kappa shape index (κ2) is 7.20. The number of nitrogens with zero attached hydrogens (tertiary/aromatic N) is 2. The number of carbonyl (C=O) groups excluding carboxylic acids is 1. The predicted molar refractivity (Wildman–Crippen MR) is 87.0 cm³/mol. The van der Waals surface area contributed by atoms with Crippen molar-refractivity contribution in [3.63, 3.8) is 0 Å². The Morgan fingerprint density at radius 2 is 1.83 bits per heavy atom. The fourth-order valence-corrected chi connectivity index (χ4v) is 3.78. The molecule has 1 aromatic heterocycles. The first-order valence-corrected chi connectivity index (χ1v) is 9.11. The van der Waals surface area contributed by atoms with E-state index in [-0.39, 0.29) is 17.3 Å². The van der Waals surface area contributed by atoms with Crippen molar-refractivity contribution in [3.8, 4) is 0 Å². The molecule has 0 spiro atoms. The molecule has 0 radical (unpaired) electrons. The summed E-state index contributed by atoms with van der Waals surface area (Å²) in [7, 11) is -0.870. The molecular weight excluding hydrogens is 339 g/mol. The number of hydrogen-bond acceptors (Lipinski definition) is 4. The molecule has 1 heterocycles. The number of carbonyl (C=O) groups is 1. The zero-order valence-corrected chi connectivity index (χ0v) is 14.4. The third-order valence-corrected chi connectivity index (χ3v) is 5.96. The molecule has 1 amide bonds. The third-order valence-electron chi connectivity index (χ3n) is 3.28. The van der Waals surface area contributed by atoms with E-state index in [2.05, 4.69) is 0 Å². The first-order valence-electron chi connectivity index (χ1n) is 6.79. The Morgan fingerprint density at radius 1 is 1.17 bits per heavy atom. The van der Waals surface area contributed by atoms with Crippen molar-refractivity contribution in [2.45, 2.75) is 11.4 Å². The molecule has 0 fully saturated rings. The van der Waals surface area contributed by atoms with Gasteiger partial charge in [-0.1, -0.05) is 6.07 Å². The van der Waals surface area contributed by atoms with Gasteiger partial charge in [0.15, 0.2) is 0 Å². The Hall–Kier alpha value is -1.77. The standard InChI is InChI=1S/C15H17FN2O3S2/c1-17(10-13-4-3-9-22-13)15(19)11-18(2)23(20,21)14-7-5-12(16)6-8-14/h3-9H,10-11H2,1-2H3. The minimum absolute atomic E-state index is 0.0462. The maximum atomic E-state index is 12.9. The lowest BCUT2D eigenvalue weighted by atomic mass is 10.4. The Labute approximate surface area is 139 Å². The SMILES string of the molecule is CN(Cc1cccs1)C(=O)CN(C)S(=O)(=O)c1ccc(F)cc1. The highest BCUT2D eigenvalue weighted by Gasteiger charge is 2.24. The summed E-state index contributed by atoms with van der Waals surface area (Å²) in [5, 5.41) is 1.92. The van der Waals surface area contributed by atoms with Crippen molar-refractivity contribution in [1.82, 2.24) is 9.21 Å². The van der Waals surface area contributed by atoms with E-state index in [1.807, 2.05) is 17.5 Å². The first kappa shape index (κ1) is 17.6. The zero-order chi connectivity index (χ0) is 17.0. The van der Waals surface area contributed by atoms with Crippen LogP contribution in [0.5, 0.6) is 0 Å². The van der Waals surface area contributed by atoms with Crippen molar-refractivity contribution < 1.29 is 17.6 Å². The van der Waals surface area contributed by atoms with E-state index < -0.39 is 15.8 Å². The normalized spacial score (nSPS) is 11.7. The summed E-state index contributed by atoms with van der Waals surface area (Å²) in [5.41, 5.74) is 0. The molecule has 8 heteroatoms. The van der Waals surface area contributed by atoms with Gasteiger partial charge in [-0.25, -0.2) is 12.8 Å². The second-order valence-electron chi connectivity index (χ2n) is 5.04. The fourth-order valence-electron chi connectivity index (χ4n) is 1.91. The number of rotatable bonds is 6. The van der Waals surface area contributed by atoms with Crippen molar-refractivity contribution in [3.05, 3.63) is 52.5 Å². The van der Waals surface area contributed by atoms with Gasteiger partial charge < -0.3 is 4.90 Å². The van der Waals surface area contributed by atoms with Crippen LogP contribution in [-0.4, -0.2) is 44.2 Å². The number of benzene rings is 1. The van der Waals surface area contributed by atoms with E-state index in [4.69, 9.17) is 0 Å². The van der Waals surface area contributed by atoms with Gasteiger partial charge in [0.1, 0.15) is 5.82 Å². The Balaban J connectivity index is 2.03. The van der Waals surface area contributed by atoms with Crippen molar-refractivity contribution in [2.75, 3.05) is 20.6 Å². The molecule has 0 aliphatic heterocycles. The van der Waals surface area contributed by atoms with E-state index in [0.717, 1.165) is 21.3 Å². The van der Waals surface area contributed by atoms with Crippen LogP contribution in [0.25, 0.3) is 0 Å². The Kier molecular flexibility index (Phi) is 5.51. The summed E-state index contributed by atoms with van der Waals surface area (Å²) in [6.07, 6.45) is 0. The topological polar surface area (TPSA) is 57.7 Å². The molecule has 0 saturated heterocycles. The number of sulfonamides is 1. The highest BCUT2D eigenvalue weighted by atomic mass is 32.2. The average molecular weight is 356 g/mol. The van der Waals surface area contributed by atoms with E-state index in [1.54, 1.807) is 7.05 Å². The van der Waals surface area contributed by atoms with Gasteiger partial charge in [0, 0.05) is 19.0 Å². The predicted octanol–water partition coefficient (Wildman–Crippen LogP) is 2.17. The first-order chi connectivity index (χ1) is 10.8. The minimum Gasteiger partial charge on any atom is -0.339 e. The molecule has 23 heavy (non-hydrogen) atoms. The third kappa shape index (κ3) is 4.37. The average Bonchev–Trinajstić information content (AvgIpc) is 3.00. The van der Waals surface area contributed by atoms with Crippen LogP contribution in [-0.2, 0) is 21.4 Å². The van der Waals surface area contributed by atoms with Crippen LogP contribution in [0.15, 0.2) is 46.7 Å². The lowest BCUT2D eigenvalue weighted by Gasteiger charge is -2.21. The minimum atomic E-state index is -3.82. The molecule has 5 nitrogen and oxygen atoms in total. The summed E-state index contributed by atoms with van der Waals surface area (Å²) in [4.78, 5) is 14.6. The van der Waals surface area contributed by atoms with Gasteiger partial charge >= 0.3 is 0 Å². The number of likely N-dealkylation sites (N-methyl/N-ethyl adjacent to an activating group) is 2. The molecule has 0 unspecified atom stereocenters.